The highest BCUT2D eigenvalue weighted by Crippen LogP contribution is 2.25. The summed E-state index contributed by atoms with van der Waals surface area (Å²) < 4.78 is 0. The Morgan fingerprint density at radius 3 is 1.86 bits per heavy atom. The topological polar surface area (TPSA) is 329 Å². The van der Waals surface area contributed by atoms with Crippen LogP contribution in [0, 0.1) is 5.92 Å². The first-order valence-corrected chi connectivity index (χ1v) is 25.3. The van der Waals surface area contributed by atoms with Crippen molar-refractivity contribution >= 4 is 79.8 Å². The second-order valence-corrected chi connectivity index (χ2v) is 19.9. The molecular formula is C48H62N10O10S2. The van der Waals surface area contributed by atoms with Crippen molar-refractivity contribution in [2.75, 3.05) is 18.1 Å². The number of fused-ring (bicyclic) bond motifs is 1. The maximum atomic E-state index is 14.7. The van der Waals surface area contributed by atoms with Crippen molar-refractivity contribution in [3.8, 4) is 5.75 Å². The highest BCUT2D eigenvalue weighted by Gasteiger charge is 2.36. The molecule has 1 aromatic heterocycles. The lowest BCUT2D eigenvalue weighted by Gasteiger charge is -2.29. The zero-order valence-corrected chi connectivity index (χ0v) is 40.7. The number of phenols is 1. The molecule has 0 saturated carbocycles. The Hall–Kier alpha value is -6.62. The molecular weight excluding hydrogens is 941 g/mol. The smallest absolute Gasteiger partial charge is 0.326 e. The van der Waals surface area contributed by atoms with Crippen molar-refractivity contribution in [1.29, 1.82) is 0 Å². The van der Waals surface area contributed by atoms with E-state index >= 15 is 0 Å². The minimum Gasteiger partial charge on any atom is -0.508 e. The summed E-state index contributed by atoms with van der Waals surface area (Å²) in [5.74, 6) is -7.75. The van der Waals surface area contributed by atoms with E-state index < -0.39 is 102 Å². The Kier molecular flexibility index (Phi) is 20.5. The summed E-state index contributed by atoms with van der Waals surface area (Å²) in [6.45, 7) is 4.75. The molecule has 3 aromatic carbocycles. The van der Waals surface area contributed by atoms with E-state index in [9.17, 15) is 48.6 Å². The van der Waals surface area contributed by atoms with E-state index in [-0.39, 0.29) is 55.9 Å². The lowest BCUT2D eigenvalue weighted by molar-refractivity contribution is -0.143. The van der Waals surface area contributed by atoms with Crippen LogP contribution in [0.4, 0.5) is 0 Å². The number of aromatic hydroxyl groups is 1. The van der Waals surface area contributed by atoms with Crippen molar-refractivity contribution in [2.24, 2.45) is 17.4 Å². The van der Waals surface area contributed by atoms with Gasteiger partial charge >= 0.3 is 5.97 Å². The predicted molar refractivity (Wildman–Crippen MR) is 267 cm³/mol. The normalized spacial score (nSPS) is 22.1. The molecule has 7 amide bonds. The van der Waals surface area contributed by atoms with Crippen LogP contribution in [0.15, 0.2) is 85.1 Å². The third kappa shape index (κ3) is 16.0. The first-order valence-electron chi connectivity index (χ1n) is 22.9. The van der Waals surface area contributed by atoms with E-state index in [1.807, 2.05) is 24.3 Å². The van der Waals surface area contributed by atoms with Crippen molar-refractivity contribution in [1.82, 2.24) is 42.2 Å². The fourth-order valence-corrected chi connectivity index (χ4v) is 9.81. The van der Waals surface area contributed by atoms with Crippen LogP contribution in [-0.4, -0.2) is 129 Å². The number of para-hydroxylation sites is 1. The van der Waals surface area contributed by atoms with Gasteiger partial charge in [-0.15, -0.1) is 0 Å². The number of phenolic OH excluding ortho intramolecular Hbond substituents is 1. The fraction of sp³-hybridized carbons (Fsp3) is 0.417. The first kappa shape index (κ1) is 54.3. The van der Waals surface area contributed by atoms with Crippen LogP contribution in [-0.2, 0) is 57.6 Å². The number of hydrogen-bond donors (Lipinski definition) is 12. The van der Waals surface area contributed by atoms with E-state index in [0.717, 1.165) is 32.5 Å². The molecule has 1 saturated heterocycles. The van der Waals surface area contributed by atoms with E-state index in [0.29, 0.717) is 16.7 Å². The lowest BCUT2D eigenvalue weighted by Crippen LogP contribution is -2.61. The Morgan fingerprint density at radius 1 is 0.700 bits per heavy atom. The van der Waals surface area contributed by atoms with Gasteiger partial charge in [-0.1, -0.05) is 96.1 Å². The maximum absolute atomic E-state index is 14.7. The van der Waals surface area contributed by atoms with E-state index in [1.54, 1.807) is 50.4 Å². The van der Waals surface area contributed by atoms with Crippen LogP contribution >= 0.6 is 21.6 Å². The standard InChI is InChI=1S/C48H62N10O10S2/c1-26(2)40(48(67)68)58-47(66)39-25-70-69-24-38(56-41(60)27(3)50)46(65)54-35(20-28-10-5-4-6-11-28)43(62)55-37(22-30-23-51-33-13-8-7-12-32(30)33)45(64)52-34(14-9-19-49)42(61)53-36(44(63)57-39)21-29-15-17-31(59)18-16-29/h4-8,10-13,15-18,23,26-27,34-40,51,59H,9,14,19-22,24-25,49-50H2,1-3H3,(H,52,64)(H,53,61)(H,54,65)(H,55,62)(H,56,60)(H,57,63)(H,58,66)(H,67,68)/t27-,34-,35-,36-,37-,38-,39?,40-/m0/s1. The predicted octanol–water partition coefficient (Wildman–Crippen LogP) is 0.517. The van der Waals surface area contributed by atoms with Gasteiger partial charge in [-0.05, 0) is 67.1 Å². The molecule has 376 valence electrons. The van der Waals surface area contributed by atoms with Gasteiger partial charge in [-0.3, -0.25) is 33.6 Å². The van der Waals surface area contributed by atoms with E-state index in [2.05, 4.69) is 42.2 Å². The molecule has 20 nitrogen and oxygen atoms in total. The highest BCUT2D eigenvalue weighted by atomic mass is 33.1. The molecule has 0 radical (unpaired) electrons. The third-order valence-electron chi connectivity index (χ3n) is 11.4. The number of nitrogens with one attached hydrogen (secondary N) is 8. The van der Waals surface area contributed by atoms with E-state index in [4.69, 9.17) is 11.5 Å². The average molecular weight is 1000 g/mol. The molecule has 1 aliphatic heterocycles. The number of aliphatic carboxylic acids is 1. The summed E-state index contributed by atoms with van der Waals surface area (Å²) in [5.41, 5.74) is 14.4. The van der Waals surface area contributed by atoms with Gasteiger partial charge in [0.05, 0.1) is 6.04 Å². The van der Waals surface area contributed by atoms with Crippen molar-refractivity contribution < 1.29 is 48.6 Å². The number of carboxylic acid groups (broad SMARTS) is 1. The molecule has 0 bridgehead atoms. The molecule has 2 heterocycles. The Labute approximate surface area is 413 Å². The lowest BCUT2D eigenvalue weighted by atomic mass is 10.0. The number of H-pyrrole nitrogens is 1. The SMILES string of the molecule is CC(C)[C@H](NC(=O)C1CSSC[C@H](NC(=O)[C@H](C)N)C(=O)N[C@@H](Cc2ccccc2)C(=O)N[C@@H](Cc2c[nH]c3ccccc23)C(=O)N[C@@H](CCCN)C(=O)N[C@@H](Cc2ccc(O)cc2)C(=O)N1)C(=O)O. The van der Waals surface area contributed by atoms with Gasteiger partial charge in [0.1, 0.15) is 48.0 Å². The van der Waals surface area contributed by atoms with Crippen molar-refractivity contribution in [2.45, 2.75) is 101 Å². The Bertz CT molecular complexity index is 2460. The number of rotatable bonds is 15. The number of nitrogens with two attached hydrogens (primary N) is 2. The minimum absolute atomic E-state index is 0.00125. The molecule has 22 heteroatoms. The average Bonchev–Trinajstić information content (AvgIpc) is 3.74. The number of carbonyl (C=O) groups is 8. The molecule has 1 fully saturated rings. The number of benzene rings is 3. The highest BCUT2D eigenvalue weighted by molar-refractivity contribution is 8.76. The summed E-state index contributed by atoms with van der Waals surface area (Å²) in [6.07, 6.45) is 1.68. The molecule has 70 heavy (non-hydrogen) atoms. The van der Waals surface area contributed by atoms with Crippen LogP contribution in [0.1, 0.15) is 50.3 Å². The third-order valence-corrected chi connectivity index (χ3v) is 13.9. The number of carboxylic acids is 1. The molecule has 0 aliphatic carbocycles. The summed E-state index contributed by atoms with van der Waals surface area (Å²) in [5, 5.41) is 39.6. The van der Waals surface area contributed by atoms with Crippen LogP contribution in [0.3, 0.4) is 0 Å². The Balaban J connectivity index is 1.60. The van der Waals surface area contributed by atoms with Gasteiger partial charge < -0.3 is 63.9 Å². The fourth-order valence-electron chi connectivity index (χ4n) is 7.49. The zero-order chi connectivity index (χ0) is 50.9. The van der Waals surface area contributed by atoms with Gasteiger partial charge in [-0.25, -0.2) is 4.79 Å². The van der Waals surface area contributed by atoms with Crippen molar-refractivity contribution in [3.05, 3.63) is 102 Å². The largest absolute Gasteiger partial charge is 0.508 e. The molecule has 1 aliphatic rings. The first-order chi connectivity index (χ1) is 33.4. The van der Waals surface area contributed by atoms with Crippen LogP contribution < -0.4 is 48.7 Å². The van der Waals surface area contributed by atoms with Gasteiger partial charge in [0.25, 0.3) is 0 Å². The number of amides is 7. The monoisotopic (exact) mass is 1000 g/mol. The number of carbonyl (C=O) groups excluding carboxylic acids is 7. The van der Waals surface area contributed by atoms with Crippen LogP contribution in [0.5, 0.6) is 5.75 Å². The summed E-state index contributed by atoms with van der Waals surface area (Å²) in [7, 11) is 2.06. The molecule has 14 N–H and O–H groups in total. The van der Waals surface area contributed by atoms with Crippen LogP contribution in [0.25, 0.3) is 10.9 Å². The number of aromatic amines is 1. The maximum Gasteiger partial charge on any atom is 0.326 e. The second-order valence-electron chi connectivity index (χ2n) is 17.3. The van der Waals surface area contributed by atoms with Gasteiger partial charge in [0.2, 0.25) is 41.4 Å². The summed E-state index contributed by atoms with van der Waals surface area (Å²) >= 11 is 0. The van der Waals surface area contributed by atoms with Crippen LogP contribution in [0.2, 0.25) is 0 Å². The van der Waals surface area contributed by atoms with Gasteiger partial charge in [0, 0.05) is 47.9 Å². The zero-order valence-electron chi connectivity index (χ0n) is 39.1. The molecule has 0 spiro atoms. The number of hydrogen-bond acceptors (Lipinski definition) is 13. The molecule has 1 unspecified atom stereocenters. The summed E-state index contributed by atoms with van der Waals surface area (Å²) in [6, 6.07) is 11.6. The molecule has 8 atom stereocenters. The quantitative estimate of drug-likeness (QED) is 0.0723. The number of aromatic nitrogens is 1. The van der Waals surface area contributed by atoms with Gasteiger partial charge in [-0.2, -0.15) is 0 Å². The Morgan fingerprint density at radius 2 is 1.24 bits per heavy atom. The van der Waals surface area contributed by atoms with Crippen molar-refractivity contribution in [3.63, 3.8) is 0 Å². The van der Waals surface area contributed by atoms with Gasteiger partial charge in [0.15, 0.2) is 0 Å². The summed E-state index contributed by atoms with van der Waals surface area (Å²) in [4.78, 5) is 115. The minimum atomic E-state index is -1.42. The van der Waals surface area contributed by atoms with E-state index in [1.165, 1.54) is 31.2 Å². The molecule has 5 rings (SSSR count). The molecule has 4 aromatic rings. The second kappa shape index (κ2) is 26.4.